The summed E-state index contributed by atoms with van der Waals surface area (Å²) in [5, 5.41) is 6.95. The van der Waals surface area contributed by atoms with Crippen LogP contribution in [-0.4, -0.2) is 17.2 Å². The summed E-state index contributed by atoms with van der Waals surface area (Å²) in [6.07, 6.45) is 0. The number of benzene rings is 1. The van der Waals surface area contributed by atoms with E-state index in [1.807, 2.05) is 19.2 Å². The van der Waals surface area contributed by atoms with Gasteiger partial charge in [0.05, 0.1) is 6.54 Å². The van der Waals surface area contributed by atoms with Crippen molar-refractivity contribution in [2.75, 3.05) is 7.05 Å². The van der Waals surface area contributed by atoms with Crippen LogP contribution in [0.2, 0.25) is 0 Å². The van der Waals surface area contributed by atoms with Gasteiger partial charge < -0.3 is 9.84 Å². The molecule has 2 rings (SSSR count). The summed E-state index contributed by atoms with van der Waals surface area (Å²) in [5.74, 6) is 1.23. The minimum absolute atomic E-state index is 0.585. The predicted octanol–water partition coefficient (Wildman–Crippen LogP) is 2.84. The third-order valence-corrected chi connectivity index (χ3v) is 3.74. The van der Waals surface area contributed by atoms with Gasteiger partial charge in [0.1, 0.15) is 0 Å². The van der Waals surface area contributed by atoms with Gasteiger partial charge in [0, 0.05) is 10.0 Å². The lowest BCUT2D eigenvalue weighted by molar-refractivity contribution is 0.372. The lowest BCUT2D eigenvalue weighted by Crippen LogP contribution is -2.04. The van der Waals surface area contributed by atoms with E-state index < -0.39 is 0 Å². The zero-order valence-electron chi connectivity index (χ0n) is 10.0. The zero-order valence-corrected chi connectivity index (χ0v) is 11.6. The first-order chi connectivity index (χ1) is 8.11. The van der Waals surface area contributed by atoms with E-state index in [0.717, 1.165) is 10.0 Å². The first-order valence-corrected chi connectivity index (χ1v) is 6.15. The van der Waals surface area contributed by atoms with Gasteiger partial charge in [-0.1, -0.05) is 21.1 Å². The average molecular weight is 296 g/mol. The van der Waals surface area contributed by atoms with Gasteiger partial charge in [0.15, 0.2) is 0 Å². The maximum Gasteiger partial charge on any atom is 0.240 e. The van der Waals surface area contributed by atoms with Crippen molar-refractivity contribution in [2.45, 2.75) is 20.4 Å². The number of aromatic nitrogens is 2. The molecule has 0 radical (unpaired) electrons. The van der Waals surface area contributed by atoms with Crippen LogP contribution in [0.4, 0.5) is 0 Å². The molecule has 0 unspecified atom stereocenters. The number of halogens is 1. The Bertz CT molecular complexity index is 513. The second-order valence-corrected chi connectivity index (χ2v) is 4.76. The number of nitrogens with one attached hydrogen (secondary N) is 1. The fourth-order valence-electron chi connectivity index (χ4n) is 1.67. The van der Waals surface area contributed by atoms with Gasteiger partial charge in [0.2, 0.25) is 11.7 Å². The maximum atomic E-state index is 5.13. The summed E-state index contributed by atoms with van der Waals surface area (Å²) in [6.45, 7) is 4.69. The molecule has 0 saturated heterocycles. The van der Waals surface area contributed by atoms with Crippen molar-refractivity contribution >= 4 is 15.9 Å². The Kier molecular flexibility index (Phi) is 3.59. The maximum absolute atomic E-state index is 5.13. The molecular formula is C12H14BrN3O. The van der Waals surface area contributed by atoms with Gasteiger partial charge in [-0.25, -0.2) is 0 Å². The molecule has 5 heteroatoms. The van der Waals surface area contributed by atoms with Crippen LogP contribution in [0.15, 0.2) is 21.1 Å². The molecular weight excluding hydrogens is 282 g/mol. The van der Waals surface area contributed by atoms with E-state index in [1.54, 1.807) is 0 Å². The van der Waals surface area contributed by atoms with Crippen molar-refractivity contribution in [3.63, 3.8) is 0 Å². The highest BCUT2D eigenvalue weighted by Gasteiger charge is 2.10. The number of rotatable bonds is 3. The largest absolute Gasteiger partial charge is 0.338 e. The monoisotopic (exact) mass is 295 g/mol. The molecule has 1 aromatic carbocycles. The summed E-state index contributed by atoms with van der Waals surface area (Å²) in [4.78, 5) is 4.33. The Hall–Kier alpha value is -1.20. The Morgan fingerprint density at radius 2 is 1.94 bits per heavy atom. The highest BCUT2D eigenvalue weighted by molar-refractivity contribution is 9.10. The fraction of sp³-hybridized carbons (Fsp3) is 0.333. The predicted molar refractivity (Wildman–Crippen MR) is 69.7 cm³/mol. The third kappa shape index (κ3) is 2.56. The van der Waals surface area contributed by atoms with Crippen LogP contribution >= 0.6 is 15.9 Å². The SMILES string of the molecule is CNCc1nc(-c2cc(C)c(Br)c(C)c2)no1. The molecule has 17 heavy (non-hydrogen) atoms. The average Bonchev–Trinajstić information content (AvgIpc) is 2.74. The standard InChI is InChI=1S/C12H14BrN3O/c1-7-4-9(5-8(2)11(7)13)12-15-10(6-14-3)17-16-12/h4-5,14H,6H2,1-3H3. The van der Waals surface area contributed by atoms with Crippen molar-refractivity contribution in [3.8, 4) is 11.4 Å². The minimum atomic E-state index is 0.585. The Labute approximate surface area is 109 Å². The molecule has 0 atom stereocenters. The summed E-state index contributed by atoms with van der Waals surface area (Å²) >= 11 is 3.54. The molecule has 0 bridgehead atoms. The Morgan fingerprint density at radius 3 is 2.53 bits per heavy atom. The van der Waals surface area contributed by atoms with Crippen LogP contribution in [0, 0.1) is 13.8 Å². The lowest BCUT2D eigenvalue weighted by atomic mass is 10.1. The molecule has 90 valence electrons. The molecule has 1 heterocycles. The normalized spacial score (nSPS) is 10.8. The van der Waals surface area contributed by atoms with E-state index in [9.17, 15) is 0 Å². The summed E-state index contributed by atoms with van der Waals surface area (Å²) in [5.41, 5.74) is 3.31. The van der Waals surface area contributed by atoms with Gasteiger partial charge in [0.25, 0.3) is 0 Å². The Balaban J connectivity index is 2.39. The molecule has 0 amide bonds. The summed E-state index contributed by atoms with van der Waals surface area (Å²) in [7, 11) is 1.85. The second-order valence-electron chi connectivity index (χ2n) is 3.97. The van der Waals surface area contributed by atoms with Crippen molar-refractivity contribution < 1.29 is 4.52 Å². The van der Waals surface area contributed by atoms with Crippen molar-refractivity contribution in [1.82, 2.24) is 15.5 Å². The molecule has 0 aliphatic rings. The second kappa shape index (κ2) is 4.98. The first kappa shape index (κ1) is 12.3. The van der Waals surface area contributed by atoms with Crippen LogP contribution in [0.25, 0.3) is 11.4 Å². The van der Waals surface area contributed by atoms with E-state index in [1.165, 1.54) is 11.1 Å². The van der Waals surface area contributed by atoms with Gasteiger partial charge in [-0.3, -0.25) is 0 Å². The van der Waals surface area contributed by atoms with Crippen molar-refractivity contribution in [3.05, 3.63) is 33.6 Å². The molecule has 0 aliphatic carbocycles. The molecule has 1 N–H and O–H groups in total. The molecule has 0 spiro atoms. The first-order valence-electron chi connectivity index (χ1n) is 5.36. The quantitative estimate of drug-likeness (QED) is 0.946. The van der Waals surface area contributed by atoms with Crippen LogP contribution < -0.4 is 5.32 Å². The number of nitrogens with zero attached hydrogens (tertiary/aromatic N) is 2. The topological polar surface area (TPSA) is 51.0 Å². The van der Waals surface area contributed by atoms with Crippen LogP contribution in [-0.2, 0) is 6.54 Å². The van der Waals surface area contributed by atoms with Crippen LogP contribution in [0.5, 0.6) is 0 Å². The van der Waals surface area contributed by atoms with Crippen molar-refractivity contribution in [2.24, 2.45) is 0 Å². The molecule has 0 fully saturated rings. The van der Waals surface area contributed by atoms with Crippen LogP contribution in [0.1, 0.15) is 17.0 Å². The molecule has 2 aromatic rings. The van der Waals surface area contributed by atoms with E-state index in [0.29, 0.717) is 18.3 Å². The van der Waals surface area contributed by atoms with E-state index in [4.69, 9.17) is 4.52 Å². The molecule has 0 saturated carbocycles. The zero-order chi connectivity index (χ0) is 12.4. The number of aryl methyl sites for hydroxylation is 2. The molecule has 1 aromatic heterocycles. The minimum Gasteiger partial charge on any atom is -0.338 e. The van der Waals surface area contributed by atoms with E-state index >= 15 is 0 Å². The molecule has 4 nitrogen and oxygen atoms in total. The summed E-state index contributed by atoms with van der Waals surface area (Å²) in [6, 6.07) is 4.09. The third-order valence-electron chi connectivity index (χ3n) is 2.49. The fourth-order valence-corrected chi connectivity index (χ4v) is 1.90. The van der Waals surface area contributed by atoms with Gasteiger partial charge in [-0.05, 0) is 44.2 Å². The van der Waals surface area contributed by atoms with Gasteiger partial charge in [-0.15, -0.1) is 0 Å². The van der Waals surface area contributed by atoms with Gasteiger partial charge in [-0.2, -0.15) is 4.98 Å². The smallest absolute Gasteiger partial charge is 0.240 e. The van der Waals surface area contributed by atoms with Crippen LogP contribution in [0.3, 0.4) is 0 Å². The lowest BCUT2D eigenvalue weighted by Gasteiger charge is -2.04. The van der Waals surface area contributed by atoms with Gasteiger partial charge >= 0.3 is 0 Å². The highest BCUT2D eigenvalue weighted by Crippen LogP contribution is 2.26. The highest BCUT2D eigenvalue weighted by atomic mass is 79.9. The number of hydrogen-bond donors (Lipinski definition) is 1. The summed E-state index contributed by atoms with van der Waals surface area (Å²) < 4.78 is 6.26. The molecule has 0 aliphatic heterocycles. The van der Waals surface area contributed by atoms with Crippen molar-refractivity contribution in [1.29, 1.82) is 0 Å². The van der Waals surface area contributed by atoms with E-state index in [2.05, 4.69) is 45.2 Å². The number of hydrogen-bond acceptors (Lipinski definition) is 4. The Morgan fingerprint density at radius 1 is 1.29 bits per heavy atom. The van der Waals surface area contributed by atoms with E-state index in [-0.39, 0.29) is 0 Å².